The van der Waals surface area contributed by atoms with E-state index in [0.717, 1.165) is 25.7 Å². The predicted octanol–water partition coefficient (Wildman–Crippen LogP) is 0.957. The van der Waals surface area contributed by atoms with Gasteiger partial charge in [-0.1, -0.05) is 13.3 Å². The number of carbonyl (C=O) groups is 2. The fraction of sp³-hybridized carbons (Fsp3) is 0.846. The SMILES string of the molecule is CCC(C)NC(=O)CCNC(=O)C1CCCC1N.Cl. The lowest BCUT2D eigenvalue weighted by molar-refractivity contribution is -0.125. The van der Waals surface area contributed by atoms with Crippen molar-refractivity contribution in [3.63, 3.8) is 0 Å². The first kappa shape index (κ1) is 18.2. The van der Waals surface area contributed by atoms with Crippen LogP contribution in [0.5, 0.6) is 0 Å². The number of nitrogens with one attached hydrogen (secondary N) is 2. The highest BCUT2D eigenvalue weighted by molar-refractivity contribution is 5.85. The summed E-state index contributed by atoms with van der Waals surface area (Å²) in [6.45, 7) is 4.38. The summed E-state index contributed by atoms with van der Waals surface area (Å²) in [6, 6.07) is 0.176. The summed E-state index contributed by atoms with van der Waals surface area (Å²) >= 11 is 0. The van der Waals surface area contributed by atoms with Gasteiger partial charge in [-0.25, -0.2) is 0 Å². The summed E-state index contributed by atoms with van der Waals surface area (Å²) in [7, 11) is 0. The first-order valence-corrected chi connectivity index (χ1v) is 6.87. The lowest BCUT2D eigenvalue weighted by Gasteiger charge is -2.15. The molecule has 4 N–H and O–H groups in total. The van der Waals surface area contributed by atoms with Crippen molar-refractivity contribution in [3.8, 4) is 0 Å². The van der Waals surface area contributed by atoms with E-state index >= 15 is 0 Å². The predicted molar refractivity (Wildman–Crippen MR) is 78.1 cm³/mol. The number of amides is 2. The second-order valence-electron chi connectivity index (χ2n) is 5.12. The van der Waals surface area contributed by atoms with Crippen molar-refractivity contribution < 1.29 is 9.59 Å². The molecular weight excluding hydrogens is 266 g/mol. The van der Waals surface area contributed by atoms with Crippen LogP contribution in [0.1, 0.15) is 46.0 Å². The van der Waals surface area contributed by atoms with Gasteiger partial charge in [-0.05, 0) is 26.2 Å². The van der Waals surface area contributed by atoms with E-state index in [4.69, 9.17) is 5.73 Å². The maximum atomic E-state index is 11.8. The highest BCUT2D eigenvalue weighted by Gasteiger charge is 2.29. The molecule has 0 aliphatic heterocycles. The summed E-state index contributed by atoms with van der Waals surface area (Å²) in [5.41, 5.74) is 5.86. The van der Waals surface area contributed by atoms with Crippen LogP contribution in [0.3, 0.4) is 0 Å². The van der Waals surface area contributed by atoms with E-state index < -0.39 is 0 Å². The van der Waals surface area contributed by atoms with Crippen LogP contribution in [-0.2, 0) is 9.59 Å². The molecule has 0 spiro atoms. The summed E-state index contributed by atoms with van der Waals surface area (Å²) in [5, 5.41) is 5.66. The quantitative estimate of drug-likeness (QED) is 0.681. The van der Waals surface area contributed by atoms with Crippen LogP contribution >= 0.6 is 12.4 Å². The number of hydrogen-bond donors (Lipinski definition) is 3. The van der Waals surface area contributed by atoms with E-state index in [-0.39, 0.29) is 42.2 Å². The Morgan fingerprint density at radius 3 is 2.58 bits per heavy atom. The van der Waals surface area contributed by atoms with Crippen molar-refractivity contribution in [2.75, 3.05) is 6.54 Å². The zero-order chi connectivity index (χ0) is 13.5. The summed E-state index contributed by atoms with van der Waals surface area (Å²) in [5.74, 6) is -0.0839. The molecule has 19 heavy (non-hydrogen) atoms. The Labute approximate surface area is 121 Å². The number of carbonyl (C=O) groups excluding carboxylic acids is 2. The molecule has 1 aliphatic carbocycles. The molecule has 1 saturated carbocycles. The third-order valence-corrected chi connectivity index (χ3v) is 3.58. The van der Waals surface area contributed by atoms with Crippen molar-refractivity contribution in [1.29, 1.82) is 0 Å². The molecule has 3 unspecified atom stereocenters. The van der Waals surface area contributed by atoms with Crippen LogP contribution < -0.4 is 16.4 Å². The van der Waals surface area contributed by atoms with Crippen molar-refractivity contribution >= 4 is 24.2 Å². The Morgan fingerprint density at radius 1 is 1.37 bits per heavy atom. The molecule has 2 amide bonds. The van der Waals surface area contributed by atoms with Crippen molar-refractivity contribution in [2.45, 2.75) is 58.0 Å². The van der Waals surface area contributed by atoms with Crippen molar-refractivity contribution in [3.05, 3.63) is 0 Å². The highest BCUT2D eigenvalue weighted by Crippen LogP contribution is 2.23. The van der Waals surface area contributed by atoms with Crippen LogP contribution in [0.25, 0.3) is 0 Å². The molecule has 1 rings (SSSR count). The normalized spacial score (nSPS) is 23.3. The third kappa shape index (κ3) is 6.25. The van der Waals surface area contributed by atoms with E-state index in [2.05, 4.69) is 10.6 Å². The third-order valence-electron chi connectivity index (χ3n) is 3.58. The minimum atomic E-state index is -0.0670. The number of hydrogen-bond acceptors (Lipinski definition) is 3. The monoisotopic (exact) mass is 291 g/mol. The molecule has 0 saturated heterocycles. The Kier molecular flexibility index (Phi) is 8.76. The van der Waals surface area contributed by atoms with Gasteiger partial charge in [-0.3, -0.25) is 9.59 Å². The lowest BCUT2D eigenvalue weighted by atomic mass is 10.0. The van der Waals surface area contributed by atoms with Crippen molar-refractivity contribution in [1.82, 2.24) is 10.6 Å². The fourth-order valence-electron chi connectivity index (χ4n) is 2.19. The van der Waals surface area contributed by atoms with Gasteiger partial charge in [0.2, 0.25) is 11.8 Å². The van der Waals surface area contributed by atoms with Gasteiger partial charge >= 0.3 is 0 Å². The van der Waals surface area contributed by atoms with Crippen LogP contribution in [0.2, 0.25) is 0 Å². The Balaban J connectivity index is 0.00000324. The largest absolute Gasteiger partial charge is 0.355 e. The van der Waals surface area contributed by atoms with Gasteiger partial charge in [-0.15, -0.1) is 12.4 Å². The summed E-state index contributed by atoms with van der Waals surface area (Å²) in [6.07, 6.45) is 4.06. The molecule has 6 heteroatoms. The standard InChI is InChI=1S/C13H25N3O2.ClH/c1-3-9(2)16-12(17)7-8-15-13(18)10-5-4-6-11(10)14;/h9-11H,3-8,14H2,1-2H3,(H,15,18)(H,16,17);1H. The molecule has 0 aromatic rings. The van der Waals surface area contributed by atoms with E-state index in [1.165, 1.54) is 0 Å². The molecule has 0 aromatic heterocycles. The van der Waals surface area contributed by atoms with Crippen LogP contribution in [-0.4, -0.2) is 30.4 Å². The van der Waals surface area contributed by atoms with Gasteiger partial charge in [0.25, 0.3) is 0 Å². The Morgan fingerprint density at radius 2 is 2.05 bits per heavy atom. The Bertz CT molecular complexity index is 300. The molecule has 1 aliphatic rings. The molecular formula is C13H26ClN3O2. The van der Waals surface area contributed by atoms with Gasteiger partial charge in [0.05, 0.1) is 5.92 Å². The van der Waals surface area contributed by atoms with Crippen LogP contribution in [0.15, 0.2) is 0 Å². The minimum absolute atomic E-state index is 0. The fourth-order valence-corrected chi connectivity index (χ4v) is 2.19. The average molecular weight is 292 g/mol. The van der Waals surface area contributed by atoms with Crippen molar-refractivity contribution in [2.24, 2.45) is 11.7 Å². The maximum Gasteiger partial charge on any atom is 0.224 e. The van der Waals surface area contributed by atoms with Gasteiger partial charge in [-0.2, -0.15) is 0 Å². The summed E-state index contributed by atoms with van der Waals surface area (Å²) < 4.78 is 0. The van der Waals surface area contributed by atoms with Crippen LogP contribution in [0, 0.1) is 5.92 Å². The van der Waals surface area contributed by atoms with E-state index in [9.17, 15) is 9.59 Å². The molecule has 3 atom stereocenters. The second-order valence-corrected chi connectivity index (χ2v) is 5.12. The number of halogens is 1. The molecule has 0 heterocycles. The molecule has 0 bridgehead atoms. The molecule has 5 nitrogen and oxygen atoms in total. The molecule has 1 fully saturated rings. The lowest BCUT2D eigenvalue weighted by Crippen LogP contribution is -2.40. The van der Waals surface area contributed by atoms with Gasteiger partial charge < -0.3 is 16.4 Å². The van der Waals surface area contributed by atoms with Gasteiger partial charge in [0, 0.05) is 25.0 Å². The van der Waals surface area contributed by atoms with Crippen LogP contribution in [0.4, 0.5) is 0 Å². The first-order chi connectivity index (χ1) is 8.54. The average Bonchev–Trinajstić information content (AvgIpc) is 2.75. The topological polar surface area (TPSA) is 84.2 Å². The van der Waals surface area contributed by atoms with E-state index in [1.807, 2.05) is 13.8 Å². The number of nitrogens with two attached hydrogens (primary N) is 1. The Hall–Kier alpha value is -0.810. The zero-order valence-electron chi connectivity index (χ0n) is 11.8. The second kappa shape index (κ2) is 9.15. The smallest absolute Gasteiger partial charge is 0.224 e. The minimum Gasteiger partial charge on any atom is -0.355 e. The number of rotatable bonds is 6. The maximum absolute atomic E-state index is 11.8. The van der Waals surface area contributed by atoms with Gasteiger partial charge in [0.15, 0.2) is 0 Å². The molecule has 0 aromatic carbocycles. The van der Waals surface area contributed by atoms with Gasteiger partial charge in [0.1, 0.15) is 0 Å². The van der Waals surface area contributed by atoms with E-state index in [0.29, 0.717) is 13.0 Å². The van der Waals surface area contributed by atoms with E-state index in [1.54, 1.807) is 0 Å². The first-order valence-electron chi connectivity index (χ1n) is 6.87. The highest BCUT2D eigenvalue weighted by atomic mass is 35.5. The molecule has 112 valence electrons. The molecule has 0 radical (unpaired) electrons. The summed E-state index contributed by atoms with van der Waals surface area (Å²) in [4.78, 5) is 23.3. The zero-order valence-corrected chi connectivity index (χ0v) is 12.6.